The maximum absolute atomic E-state index is 11.8. The summed E-state index contributed by atoms with van der Waals surface area (Å²) in [7, 11) is 0. The van der Waals surface area contributed by atoms with E-state index >= 15 is 0 Å². The Bertz CT molecular complexity index is 546. The Balaban J connectivity index is 1.40. The van der Waals surface area contributed by atoms with Gasteiger partial charge >= 0.3 is 0 Å². The van der Waals surface area contributed by atoms with E-state index in [1.165, 1.54) is 19.3 Å². The zero-order chi connectivity index (χ0) is 16.1. The lowest BCUT2D eigenvalue weighted by atomic mass is 10.1. The number of aryl methyl sites for hydroxylation is 1. The SMILES string of the molecule is Cc1ccc(=O)n(CCN2CCN(CC3CCCCO3)CC2)n1. The van der Waals surface area contributed by atoms with E-state index in [0.29, 0.717) is 12.6 Å². The minimum absolute atomic E-state index is 0.0105. The second-order valence-corrected chi connectivity index (χ2v) is 6.67. The molecule has 0 bridgehead atoms. The standard InChI is InChI=1S/C17H28N4O2/c1-15-5-6-17(22)21(18-15)12-11-19-7-9-20(10-8-19)14-16-4-2-3-13-23-16/h5-6,16H,2-4,7-14H2,1H3. The van der Waals surface area contributed by atoms with Crippen LogP contribution in [-0.2, 0) is 11.3 Å². The number of hydrogen-bond acceptors (Lipinski definition) is 5. The van der Waals surface area contributed by atoms with Crippen molar-refractivity contribution in [3.05, 3.63) is 28.2 Å². The van der Waals surface area contributed by atoms with Gasteiger partial charge in [0.1, 0.15) is 0 Å². The summed E-state index contributed by atoms with van der Waals surface area (Å²) in [6, 6.07) is 3.37. The Kier molecular flexibility index (Phi) is 5.80. The monoisotopic (exact) mass is 320 g/mol. The summed E-state index contributed by atoms with van der Waals surface area (Å²) in [5.74, 6) is 0. The largest absolute Gasteiger partial charge is 0.377 e. The first-order valence-electron chi connectivity index (χ1n) is 8.82. The predicted octanol–water partition coefficient (Wildman–Crippen LogP) is 0.738. The van der Waals surface area contributed by atoms with Crippen LogP contribution >= 0.6 is 0 Å². The molecule has 1 unspecified atom stereocenters. The number of nitrogens with zero attached hydrogens (tertiary/aromatic N) is 4. The Morgan fingerprint density at radius 1 is 1.13 bits per heavy atom. The van der Waals surface area contributed by atoms with Crippen LogP contribution in [0.2, 0.25) is 0 Å². The maximum atomic E-state index is 11.8. The van der Waals surface area contributed by atoms with Gasteiger partial charge in [-0.2, -0.15) is 5.10 Å². The number of rotatable bonds is 5. The summed E-state index contributed by atoms with van der Waals surface area (Å²) >= 11 is 0. The molecule has 0 radical (unpaired) electrons. The van der Waals surface area contributed by atoms with Crippen LogP contribution < -0.4 is 5.56 Å². The molecule has 2 fully saturated rings. The van der Waals surface area contributed by atoms with Gasteiger partial charge in [-0.1, -0.05) is 0 Å². The van der Waals surface area contributed by atoms with Crippen molar-refractivity contribution in [1.82, 2.24) is 19.6 Å². The molecule has 2 saturated heterocycles. The lowest BCUT2D eigenvalue weighted by Gasteiger charge is -2.37. The molecule has 2 aliphatic rings. The van der Waals surface area contributed by atoms with Crippen molar-refractivity contribution in [3.63, 3.8) is 0 Å². The number of ether oxygens (including phenoxy) is 1. The molecule has 1 aromatic heterocycles. The van der Waals surface area contributed by atoms with Gasteiger partial charge in [-0.05, 0) is 32.3 Å². The van der Waals surface area contributed by atoms with Crippen LogP contribution in [0.3, 0.4) is 0 Å². The molecule has 1 atom stereocenters. The molecule has 3 heterocycles. The number of aromatic nitrogens is 2. The van der Waals surface area contributed by atoms with E-state index in [0.717, 1.165) is 51.6 Å². The quantitative estimate of drug-likeness (QED) is 0.801. The highest BCUT2D eigenvalue weighted by molar-refractivity contribution is 4.97. The molecule has 0 aromatic carbocycles. The Hall–Kier alpha value is -1.24. The lowest BCUT2D eigenvalue weighted by Crippen LogP contribution is -2.50. The van der Waals surface area contributed by atoms with Crippen molar-refractivity contribution in [2.75, 3.05) is 45.9 Å². The third-order valence-corrected chi connectivity index (χ3v) is 4.83. The van der Waals surface area contributed by atoms with Crippen molar-refractivity contribution >= 4 is 0 Å². The van der Waals surface area contributed by atoms with E-state index in [1.807, 2.05) is 6.92 Å². The summed E-state index contributed by atoms with van der Waals surface area (Å²) < 4.78 is 7.42. The third-order valence-electron chi connectivity index (χ3n) is 4.83. The van der Waals surface area contributed by atoms with Crippen molar-refractivity contribution in [2.45, 2.75) is 38.8 Å². The molecule has 0 saturated carbocycles. The van der Waals surface area contributed by atoms with Crippen molar-refractivity contribution in [1.29, 1.82) is 0 Å². The van der Waals surface area contributed by atoms with Crippen LogP contribution in [0.25, 0.3) is 0 Å². The first-order valence-corrected chi connectivity index (χ1v) is 8.82. The molecule has 0 N–H and O–H groups in total. The average molecular weight is 320 g/mol. The van der Waals surface area contributed by atoms with Gasteiger partial charge in [-0.25, -0.2) is 4.68 Å². The molecular weight excluding hydrogens is 292 g/mol. The summed E-state index contributed by atoms with van der Waals surface area (Å²) in [5, 5.41) is 4.30. The van der Waals surface area contributed by atoms with Gasteiger partial charge in [0, 0.05) is 51.9 Å². The minimum atomic E-state index is -0.0105. The molecule has 2 aliphatic heterocycles. The smallest absolute Gasteiger partial charge is 0.266 e. The van der Waals surface area contributed by atoms with Crippen LogP contribution in [0.4, 0.5) is 0 Å². The van der Waals surface area contributed by atoms with E-state index in [4.69, 9.17) is 4.74 Å². The number of piperazine rings is 1. The summed E-state index contributed by atoms with van der Waals surface area (Å²) in [6.45, 7) is 9.81. The molecule has 23 heavy (non-hydrogen) atoms. The van der Waals surface area contributed by atoms with E-state index < -0.39 is 0 Å². The highest BCUT2D eigenvalue weighted by atomic mass is 16.5. The summed E-state index contributed by atoms with van der Waals surface area (Å²) in [4.78, 5) is 16.7. The first-order chi connectivity index (χ1) is 11.2. The Morgan fingerprint density at radius 3 is 2.65 bits per heavy atom. The summed E-state index contributed by atoms with van der Waals surface area (Å²) in [6.07, 6.45) is 4.17. The molecular formula is C17H28N4O2. The van der Waals surface area contributed by atoms with Crippen LogP contribution in [0.1, 0.15) is 25.0 Å². The minimum Gasteiger partial charge on any atom is -0.377 e. The Labute approximate surface area is 138 Å². The number of hydrogen-bond donors (Lipinski definition) is 0. The summed E-state index contributed by atoms with van der Waals surface area (Å²) in [5.41, 5.74) is 0.880. The highest BCUT2D eigenvalue weighted by Gasteiger charge is 2.21. The molecule has 0 spiro atoms. The predicted molar refractivity (Wildman–Crippen MR) is 89.7 cm³/mol. The average Bonchev–Trinajstić information content (AvgIpc) is 2.58. The fourth-order valence-electron chi connectivity index (χ4n) is 3.38. The van der Waals surface area contributed by atoms with Gasteiger partial charge in [0.05, 0.1) is 18.3 Å². The molecule has 0 amide bonds. The fraction of sp³-hybridized carbons (Fsp3) is 0.765. The molecule has 1 aromatic rings. The molecule has 6 nitrogen and oxygen atoms in total. The van der Waals surface area contributed by atoms with Crippen LogP contribution in [0.5, 0.6) is 0 Å². The fourth-order valence-corrected chi connectivity index (χ4v) is 3.38. The van der Waals surface area contributed by atoms with E-state index in [9.17, 15) is 4.79 Å². The Morgan fingerprint density at radius 2 is 1.91 bits per heavy atom. The molecule has 128 valence electrons. The normalized spacial score (nSPS) is 24.0. The van der Waals surface area contributed by atoms with Gasteiger partial charge < -0.3 is 4.74 Å². The third kappa shape index (κ3) is 4.86. The van der Waals surface area contributed by atoms with Gasteiger partial charge in [0.2, 0.25) is 0 Å². The van der Waals surface area contributed by atoms with Gasteiger partial charge in [0.25, 0.3) is 5.56 Å². The van der Waals surface area contributed by atoms with Gasteiger partial charge in [0.15, 0.2) is 0 Å². The second-order valence-electron chi connectivity index (χ2n) is 6.67. The lowest BCUT2D eigenvalue weighted by molar-refractivity contribution is -0.0142. The second kappa shape index (κ2) is 8.04. The molecule has 6 heteroatoms. The highest BCUT2D eigenvalue weighted by Crippen LogP contribution is 2.14. The molecule has 0 aliphatic carbocycles. The topological polar surface area (TPSA) is 50.6 Å². The van der Waals surface area contributed by atoms with E-state index in [1.54, 1.807) is 16.8 Å². The maximum Gasteiger partial charge on any atom is 0.266 e. The van der Waals surface area contributed by atoms with Crippen molar-refractivity contribution < 1.29 is 4.74 Å². The molecule has 3 rings (SSSR count). The van der Waals surface area contributed by atoms with Crippen LogP contribution in [0.15, 0.2) is 16.9 Å². The van der Waals surface area contributed by atoms with Crippen molar-refractivity contribution in [3.8, 4) is 0 Å². The van der Waals surface area contributed by atoms with Crippen LogP contribution in [-0.4, -0.2) is 71.6 Å². The van der Waals surface area contributed by atoms with Gasteiger partial charge in [-0.3, -0.25) is 14.6 Å². The van der Waals surface area contributed by atoms with Crippen LogP contribution in [0, 0.1) is 6.92 Å². The van der Waals surface area contributed by atoms with Gasteiger partial charge in [-0.15, -0.1) is 0 Å². The van der Waals surface area contributed by atoms with E-state index in [-0.39, 0.29) is 5.56 Å². The zero-order valence-corrected chi connectivity index (χ0v) is 14.1. The zero-order valence-electron chi connectivity index (χ0n) is 14.1. The first kappa shape index (κ1) is 16.6. The van der Waals surface area contributed by atoms with Crippen molar-refractivity contribution in [2.24, 2.45) is 0 Å². The van der Waals surface area contributed by atoms with E-state index in [2.05, 4.69) is 14.9 Å².